The summed E-state index contributed by atoms with van der Waals surface area (Å²) in [6, 6.07) is 6.88. The van der Waals surface area contributed by atoms with Crippen molar-refractivity contribution >= 4 is 0 Å². The van der Waals surface area contributed by atoms with E-state index in [2.05, 4.69) is 32.0 Å². The van der Waals surface area contributed by atoms with Crippen LogP contribution in [0.2, 0.25) is 0 Å². The molecule has 1 aromatic rings. The molecule has 2 fully saturated rings. The van der Waals surface area contributed by atoms with Gasteiger partial charge in [-0.25, -0.2) is 0 Å². The second-order valence-corrected chi connectivity index (χ2v) is 8.94. The summed E-state index contributed by atoms with van der Waals surface area (Å²) < 4.78 is 5.45. The average molecular weight is 327 g/mol. The van der Waals surface area contributed by atoms with E-state index in [1.165, 1.54) is 57.8 Å². The van der Waals surface area contributed by atoms with Crippen LogP contribution in [0.15, 0.2) is 18.2 Å². The first-order chi connectivity index (χ1) is 11.7. The van der Waals surface area contributed by atoms with E-state index >= 15 is 0 Å². The molecule has 0 amide bonds. The molecular weight excluding hydrogens is 292 g/mol. The summed E-state index contributed by atoms with van der Waals surface area (Å²) in [4.78, 5) is 0. The quantitative estimate of drug-likeness (QED) is 0.625. The van der Waals surface area contributed by atoms with Gasteiger partial charge in [-0.3, -0.25) is 0 Å². The highest BCUT2D eigenvalue weighted by molar-refractivity contribution is 5.40. The van der Waals surface area contributed by atoms with Crippen LogP contribution in [0.3, 0.4) is 0 Å². The Balaban J connectivity index is 1.58. The molecule has 0 bridgehead atoms. The zero-order chi connectivity index (χ0) is 16.7. The number of methoxy groups -OCH3 is 1. The van der Waals surface area contributed by atoms with Crippen LogP contribution in [0.25, 0.3) is 0 Å². The molecule has 3 aliphatic carbocycles. The fraction of sp³-hybridized carbons (Fsp3) is 0.739. The first-order valence-corrected chi connectivity index (χ1v) is 10.3. The Kier molecular flexibility index (Phi) is 4.39. The third-order valence-electron chi connectivity index (χ3n) is 8.04. The normalized spacial score (nSPS) is 37.5. The molecule has 24 heavy (non-hydrogen) atoms. The molecule has 1 nitrogen and oxygen atoms in total. The number of ether oxygens (including phenoxy) is 1. The molecule has 0 N–H and O–H groups in total. The number of rotatable bonds is 4. The standard InChI is InChI=1S/C23H34O/c1-4-5-6-17-8-12-22-21-10-7-16-15-18(24-3)9-11-19(16)20(21)13-14-23(17,22)2/h9,11,15,17,20-22H,4-8,10,12-14H2,1-3H3/t17-,20?,21?,22?,23?/m0/s1. The van der Waals surface area contributed by atoms with Gasteiger partial charge in [0.2, 0.25) is 0 Å². The number of hydrogen-bond acceptors (Lipinski definition) is 1. The highest BCUT2D eigenvalue weighted by atomic mass is 16.5. The summed E-state index contributed by atoms with van der Waals surface area (Å²) in [6.07, 6.45) is 12.8. The SMILES string of the molecule is CCCC[C@H]1CCC2C3CCc4cc(OC)ccc4C3CCC21C. The van der Waals surface area contributed by atoms with E-state index in [0.29, 0.717) is 5.41 Å². The minimum Gasteiger partial charge on any atom is -0.497 e. The second kappa shape index (κ2) is 6.39. The van der Waals surface area contributed by atoms with Crippen molar-refractivity contribution in [2.75, 3.05) is 7.11 Å². The van der Waals surface area contributed by atoms with Crippen molar-refractivity contribution in [3.63, 3.8) is 0 Å². The largest absolute Gasteiger partial charge is 0.497 e. The molecule has 0 saturated heterocycles. The zero-order valence-corrected chi connectivity index (χ0v) is 15.8. The van der Waals surface area contributed by atoms with Crippen LogP contribution in [0.1, 0.15) is 82.3 Å². The van der Waals surface area contributed by atoms with Crippen molar-refractivity contribution in [3.8, 4) is 5.75 Å². The van der Waals surface area contributed by atoms with Gasteiger partial charge in [-0.15, -0.1) is 0 Å². The molecule has 0 aliphatic heterocycles. The van der Waals surface area contributed by atoms with E-state index in [-0.39, 0.29) is 0 Å². The minimum atomic E-state index is 0.639. The first-order valence-electron chi connectivity index (χ1n) is 10.3. The molecule has 3 aliphatic rings. The molecule has 0 heterocycles. The van der Waals surface area contributed by atoms with Gasteiger partial charge in [0.15, 0.2) is 0 Å². The van der Waals surface area contributed by atoms with E-state index < -0.39 is 0 Å². The van der Waals surface area contributed by atoms with Gasteiger partial charge >= 0.3 is 0 Å². The number of aryl methyl sites for hydroxylation is 1. The van der Waals surface area contributed by atoms with Crippen molar-refractivity contribution < 1.29 is 4.74 Å². The van der Waals surface area contributed by atoms with Crippen LogP contribution < -0.4 is 4.74 Å². The highest BCUT2D eigenvalue weighted by Crippen LogP contribution is 2.63. The lowest BCUT2D eigenvalue weighted by atomic mass is 9.54. The van der Waals surface area contributed by atoms with E-state index in [1.807, 2.05) is 0 Å². The topological polar surface area (TPSA) is 9.23 Å². The van der Waals surface area contributed by atoms with Gasteiger partial charge in [-0.2, -0.15) is 0 Å². The van der Waals surface area contributed by atoms with E-state index in [0.717, 1.165) is 29.4 Å². The summed E-state index contributed by atoms with van der Waals surface area (Å²) >= 11 is 0. The van der Waals surface area contributed by atoms with E-state index in [9.17, 15) is 0 Å². The molecule has 5 atom stereocenters. The highest BCUT2D eigenvalue weighted by Gasteiger charge is 2.54. The van der Waals surface area contributed by atoms with Crippen molar-refractivity contribution in [3.05, 3.63) is 29.3 Å². The summed E-state index contributed by atoms with van der Waals surface area (Å²) in [6.45, 7) is 5.00. The number of unbranched alkanes of at least 4 members (excludes halogenated alkanes) is 1. The van der Waals surface area contributed by atoms with Crippen LogP contribution in [0.4, 0.5) is 0 Å². The molecule has 1 heteroatoms. The summed E-state index contributed by atoms with van der Waals surface area (Å²) in [5, 5.41) is 0. The molecule has 2 saturated carbocycles. The molecule has 0 spiro atoms. The van der Waals surface area contributed by atoms with E-state index in [4.69, 9.17) is 4.74 Å². The van der Waals surface area contributed by atoms with Crippen LogP contribution >= 0.6 is 0 Å². The third-order valence-corrected chi connectivity index (χ3v) is 8.04. The van der Waals surface area contributed by atoms with Gasteiger partial charge in [-0.05, 0) is 97.3 Å². The van der Waals surface area contributed by atoms with Crippen LogP contribution in [0.5, 0.6) is 5.75 Å². The third kappa shape index (κ3) is 2.50. The minimum absolute atomic E-state index is 0.639. The lowest BCUT2D eigenvalue weighted by Crippen LogP contribution is -2.42. The maximum Gasteiger partial charge on any atom is 0.119 e. The number of hydrogen-bond donors (Lipinski definition) is 0. The smallest absolute Gasteiger partial charge is 0.119 e. The Labute approximate surface area is 148 Å². The summed E-state index contributed by atoms with van der Waals surface area (Å²) in [7, 11) is 1.79. The van der Waals surface area contributed by atoms with Crippen LogP contribution in [-0.4, -0.2) is 7.11 Å². The van der Waals surface area contributed by atoms with Crippen molar-refractivity contribution in [2.45, 2.75) is 77.6 Å². The van der Waals surface area contributed by atoms with Crippen LogP contribution in [0, 0.1) is 23.2 Å². The number of fused-ring (bicyclic) bond motifs is 5. The lowest BCUT2D eigenvalue weighted by Gasteiger charge is -2.51. The predicted octanol–water partition coefficient (Wildman–Crippen LogP) is 6.36. The van der Waals surface area contributed by atoms with Gasteiger partial charge in [0.25, 0.3) is 0 Å². The van der Waals surface area contributed by atoms with Gasteiger partial charge in [-0.1, -0.05) is 32.8 Å². The Morgan fingerprint density at radius 1 is 1.17 bits per heavy atom. The Bertz CT molecular complexity index is 592. The molecule has 132 valence electrons. The number of benzene rings is 1. The maximum absolute atomic E-state index is 5.45. The first kappa shape index (κ1) is 16.5. The van der Waals surface area contributed by atoms with Crippen molar-refractivity contribution in [1.82, 2.24) is 0 Å². The maximum atomic E-state index is 5.45. The van der Waals surface area contributed by atoms with Gasteiger partial charge in [0.1, 0.15) is 5.75 Å². The van der Waals surface area contributed by atoms with Crippen LogP contribution in [-0.2, 0) is 6.42 Å². The van der Waals surface area contributed by atoms with Gasteiger partial charge < -0.3 is 4.74 Å². The predicted molar refractivity (Wildman–Crippen MR) is 101 cm³/mol. The summed E-state index contributed by atoms with van der Waals surface area (Å²) in [5.41, 5.74) is 3.87. The van der Waals surface area contributed by atoms with Crippen molar-refractivity contribution in [1.29, 1.82) is 0 Å². The Morgan fingerprint density at radius 3 is 2.83 bits per heavy atom. The monoisotopic (exact) mass is 326 g/mol. The lowest BCUT2D eigenvalue weighted by molar-refractivity contribution is 0.0253. The van der Waals surface area contributed by atoms with Gasteiger partial charge in [0, 0.05) is 0 Å². The van der Waals surface area contributed by atoms with Crippen molar-refractivity contribution in [2.24, 2.45) is 23.2 Å². The molecule has 4 unspecified atom stereocenters. The fourth-order valence-electron chi connectivity index (χ4n) is 6.72. The fourth-order valence-corrected chi connectivity index (χ4v) is 6.72. The molecule has 0 aromatic heterocycles. The second-order valence-electron chi connectivity index (χ2n) is 8.94. The Hall–Kier alpha value is -0.980. The zero-order valence-electron chi connectivity index (χ0n) is 15.8. The molecule has 4 rings (SSSR count). The van der Waals surface area contributed by atoms with E-state index in [1.54, 1.807) is 18.2 Å². The molecular formula is C23H34O. The summed E-state index contributed by atoms with van der Waals surface area (Å²) in [5.74, 6) is 4.78. The Morgan fingerprint density at radius 2 is 2.04 bits per heavy atom. The molecule has 0 radical (unpaired) electrons. The van der Waals surface area contributed by atoms with Gasteiger partial charge in [0.05, 0.1) is 7.11 Å². The molecule has 1 aromatic carbocycles. The average Bonchev–Trinajstić information content (AvgIpc) is 2.95.